The van der Waals surface area contributed by atoms with Crippen LogP contribution in [-0.4, -0.2) is 28.8 Å². The molecule has 1 N–H and O–H groups in total. The van der Waals surface area contributed by atoms with Crippen LogP contribution in [0.15, 0.2) is 35.7 Å². The molecular weight excluding hydrogens is 356 g/mol. The summed E-state index contributed by atoms with van der Waals surface area (Å²) in [5.41, 5.74) is 1.14. The lowest BCUT2D eigenvalue weighted by Gasteiger charge is -2.46. The van der Waals surface area contributed by atoms with Crippen molar-refractivity contribution in [1.29, 1.82) is 0 Å². The third kappa shape index (κ3) is 2.96. The zero-order chi connectivity index (χ0) is 17.4. The molecule has 0 unspecified atom stereocenters. The van der Waals surface area contributed by atoms with Crippen molar-refractivity contribution < 1.29 is 9.59 Å². The van der Waals surface area contributed by atoms with Gasteiger partial charge < -0.3 is 10.2 Å². The van der Waals surface area contributed by atoms with E-state index >= 15 is 0 Å². The summed E-state index contributed by atoms with van der Waals surface area (Å²) in [4.78, 5) is 27.9. The largest absolute Gasteiger partial charge is 0.333 e. The van der Waals surface area contributed by atoms with Crippen LogP contribution in [0.5, 0.6) is 0 Å². The number of hydrogen-bond donors (Lipinski definition) is 1. The monoisotopic (exact) mass is 374 g/mol. The van der Waals surface area contributed by atoms with Gasteiger partial charge in [-0.25, -0.2) is 0 Å². The zero-order valence-electron chi connectivity index (χ0n) is 13.8. The van der Waals surface area contributed by atoms with E-state index in [-0.39, 0.29) is 17.4 Å². The van der Waals surface area contributed by atoms with Crippen LogP contribution >= 0.6 is 22.9 Å². The Balaban J connectivity index is 1.57. The minimum Gasteiger partial charge on any atom is -0.333 e. The van der Waals surface area contributed by atoms with Crippen LogP contribution in [0.3, 0.4) is 0 Å². The molecule has 1 aliphatic carbocycles. The molecule has 1 spiro atoms. The number of halogens is 1. The normalized spacial score (nSPS) is 18.2. The SMILES string of the molecule is O=C(Nc1cc(C(=O)N2CCCC23CCC3)ccc1Cl)c1cccs1. The second-order valence-electron chi connectivity index (χ2n) is 6.76. The first-order valence-corrected chi connectivity index (χ1v) is 9.81. The van der Waals surface area contributed by atoms with E-state index in [2.05, 4.69) is 5.32 Å². The summed E-state index contributed by atoms with van der Waals surface area (Å²) in [5, 5.41) is 5.10. The number of likely N-dealkylation sites (tertiary alicyclic amines) is 1. The molecule has 1 saturated heterocycles. The van der Waals surface area contributed by atoms with Crippen LogP contribution in [0, 0.1) is 0 Å². The van der Waals surface area contributed by atoms with Crippen LogP contribution in [0.2, 0.25) is 5.02 Å². The molecule has 2 heterocycles. The number of carbonyl (C=O) groups is 2. The fourth-order valence-corrected chi connectivity index (χ4v) is 4.65. The molecule has 1 saturated carbocycles. The average Bonchev–Trinajstić information content (AvgIpc) is 3.25. The lowest BCUT2D eigenvalue weighted by atomic mass is 9.74. The molecule has 1 aromatic heterocycles. The van der Waals surface area contributed by atoms with Crippen LogP contribution < -0.4 is 5.32 Å². The fourth-order valence-electron chi connectivity index (χ4n) is 3.86. The molecule has 4 rings (SSSR count). The van der Waals surface area contributed by atoms with Gasteiger partial charge in [0.25, 0.3) is 11.8 Å². The van der Waals surface area contributed by atoms with Crippen LogP contribution in [0.25, 0.3) is 0 Å². The van der Waals surface area contributed by atoms with Crippen molar-refractivity contribution in [1.82, 2.24) is 4.90 Å². The first-order chi connectivity index (χ1) is 12.1. The molecule has 0 bridgehead atoms. The van der Waals surface area contributed by atoms with E-state index < -0.39 is 0 Å². The standard InChI is InChI=1S/C19H19ClN2O2S/c20-14-6-5-13(12-15(14)21-17(23)16-4-1-11-25-16)18(24)22-10-3-9-19(22)7-2-8-19/h1,4-6,11-12H,2-3,7-10H2,(H,21,23). The lowest BCUT2D eigenvalue weighted by molar-refractivity contribution is 0.0367. The van der Waals surface area contributed by atoms with Gasteiger partial charge in [-0.15, -0.1) is 11.3 Å². The number of anilines is 1. The maximum Gasteiger partial charge on any atom is 0.265 e. The molecule has 130 valence electrons. The van der Waals surface area contributed by atoms with Crippen molar-refractivity contribution in [3.05, 3.63) is 51.2 Å². The zero-order valence-corrected chi connectivity index (χ0v) is 15.3. The topological polar surface area (TPSA) is 49.4 Å². The summed E-state index contributed by atoms with van der Waals surface area (Å²) in [7, 11) is 0. The number of amides is 2. The van der Waals surface area contributed by atoms with E-state index in [9.17, 15) is 9.59 Å². The van der Waals surface area contributed by atoms with E-state index in [0.29, 0.717) is 21.2 Å². The molecule has 2 amide bonds. The predicted molar refractivity (Wildman–Crippen MR) is 101 cm³/mol. The summed E-state index contributed by atoms with van der Waals surface area (Å²) in [6.07, 6.45) is 5.59. The van der Waals surface area contributed by atoms with Crippen molar-refractivity contribution >= 4 is 40.4 Å². The van der Waals surface area contributed by atoms with E-state index in [4.69, 9.17) is 11.6 Å². The highest BCUT2D eigenvalue weighted by Crippen LogP contribution is 2.46. The van der Waals surface area contributed by atoms with Gasteiger partial charge in [0.15, 0.2) is 0 Å². The lowest BCUT2D eigenvalue weighted by Crippen LogP contribution is -2.51. The molecule has 4 nitrogen and oxygen atoms in total. The van der Waals surface area contributed by atoms with Gasteiger partial charge in [-0.05, 0) is 61.7 Å². The first-order valence-electron chi connectivity index (χ1n) is 8.55. The van der Waals surface area contributed by atoms with Gasteiger partial charge in [0.05, 0.1) is 15.6 Å². The van der Waals surface area contributed by atoms with Crippen LogP contribution in [0.1, 0.15) is 52.1 Å². The van der Waals surface area contributed by atoms with Gasteiger partial charge in [0.2, 0.25) is 0 Å². The molecule has 0 radical (unpaired) electrons. The maximum atomic E-state index is 13.0. The minimum atomic E-state index is -0.210. The molecule has 6 heteroatoms. The van der Waals surface area contributed by atoms with Gasteiger partial charge in [-0.1, -0.05) is 17.7 Å². The third-order valence-corrected chi connectivity index (χ3v) is 6.53. The maximum absolute atomic E-state index is 13.0. The van der Waals surface area contributed by atoms with E-state index in [0.717, 1.165) is 32.2 Å². The second kappa shape index (κ2) is 6.46. The van der Waals surface area contributed by atoms with Crippen molar-refractivity contribution in [2.75, 3.05) is 11.9 Å². The minimum absolute atomic E-state index is 0.0421. The number of rotatable bonds is 3. The second-order valence-corrected chi connectivity index (χ2v) is 8.12. The number of hydrogen-bond acceptors (Lipinski definition) is 3. The van der Waals surface area contributed by atoms with Crippen molar-refractivity contribution in [2.45, 2.75) is 37.6 Å². The summed E-state index contributed by atoms with van der Waals surface area (Å²) in [6.45, 7) is 0.818. The number of nitrogens with zero attached hydrogens (tertiary/aromatic N) is 1. The molecule has 2 aliphatic rings. The molecule has 1 aliphatic heterocycles. The molecule has 25 heavy (non-hydrogen) atoms. The van der Waals surface area contributed by atoms with Crippen LogP contribution in [-0.2, 0) is 0 Å². The first kappa shape index (κ1) is 16.6. The van der Waals surface area contributed by atoms with Gasteiger partial charge in [0.1, 0.15) is 0 Å². The van der Waals surface area contributed by atoms with Crippen molar-refractivity contribution in [3.8, 4) is 0 Å². The highest BCUT2D eigenvalue weighted by molar-refractivity contribution is 7.12. The van der Waals surface area contributed by atoms with Gasteiger partial charge in [0, 0.05) is 17.6 Å². The highest BCUT2D eigenvalue weighted by Gasteiger charge is 2.47. The Morgan fingerprint density at radius 2 is 1.96 bits per heavy atom. The summed E-state index contributed by atoms with van der Waals surface area (Å²) >= 11 is 7.59. The van der Waals surface area contributed by atoms with Gasteiger partial charge in [-0.2, -0.15) is 0 Å². The smallest absolute Gasteiger partial charge is 0.265 e. The molecular formula is C19H19ClN2O2S. The number of benzene rings is 1. The summed E-state index contributed by atoms with van der Waals surface area (Å²) < 4.78 is 0. The van der Waals surface area contributed by atoms with Gasteiger partial charge in [-0.3, -0.25) is 9.59 Å². The Morgan fingerprint density at radius 3 is 2.64 bits per heavy atom. The third-order valence-electron chi connectivity index (χ3n) is 5.33. The predicted octanol–water partition coefficient (Wildman–Crippen LogP) is 4.81. The van der Waals surface area contributed by atoms with E-state index in [1.54, 1.807) is 24.3 Å². The number of nitrogens with one attached hydrogen (secondary N) is 1. The Labute approximate surface area is 155 Å². The average molecular weight is 375 g/mol. The molecule has 2 fully saturated rings. The molecule has 2 aromatic rings. The molecule has 0 atom stereocenters. The van der Waals surface area contributed by atoms with Gasteiger partial charge >= 0.3 is 0 Å². The Kier molecular flexibility index (Phi) is 4.29. The Bertz CT molecular complexity index is 815. The number of thiophene rings is 1. The van der Waals surface area contributed by atoms with Crippen molar-refractivity contribution in [2.24, 2.45) is 0 Å². The molecule has 1 aromatic carbocycles. The Morgan fingerprint density at radius 1 is 1.16 bits per heavy atom. The summed E-state index contributed by atoms with van der Waals surface area (Å²) in [6, 6.07) is 8.71. The Hall–Kier alpha value is -1.85. The highest BCUT2D eigenvalue weighted by atomic mass is 35.5. The van der Waals surface area contributed by atoms with E-state index in [1.807, 2.05) is 16.3 Å². The van der Waals surface area contributed by atoms with Crippen molar-refractivity contribution in [3.63, 3.8) is 0 Å². The van der Waals surface area contributed by atoms with Crippen LogP contribution in [0.4, 0.5) is 5.69 Å². The number of carbonyl (C=O) groups excluding carboxylic acids is 2. The fraction of sp³-hybridized carbons (Fsp3) is 0.368. The quantitative estimate of drug-likeness (QED) is 0.837. The van der Waals surface area contributed by atoms with E-state index in [1.165, 1.54) is 17.8 Å². The summed E-state index contributed by atoms with van der Waals surface area (Å²) in [5.74, 6) is -0.168.